The van der Waals surface area contributed by atoms with E-state index in [1.54, 1.807) is 0 Å². The molecule has 0 aliphatic carbocycles. The zero-order chi connectivity index (χ0) is 8.20. The molecule has 2 nitrogen and oxygen atoms in total. The molecule has 0 amide bonds. The molecule has 0 aromatic heterocycles. The molecule has 0 aliphatic heterocycles. The third-order valence-corrected chi connectivity index (χ3v) is 2.38. The number of halogens is 2. The molecular weight excluding hydrogens is 264 g/mol. The summed E-state index contributed by atoms with van der Waals surface area (Å²) in [5.74, 6) is -0.790. The lowest BCUT2D eigenvalue weighted by Gasteiger charge is -2.15. The van der Waals surface area contributed by atoms with Crippen LogP contribution in [0.3, 0.4) is 0 Å². The zero-order valence-corrected chi connectivity index (χ0v) is 8.90. The van der Waals surface area contributed by atoms with E-state index in [1.165, 1.54) is 0 Å². The smallest absolute Gasteiger partial charge is 0.305 e. The van der Waals surface area contributed by atoms with Gasteiger partial charge in [-0.05, 0) is 6.42 Å². The maximum atomic E-state index is 10.2. The summed E-state index contributed by atoms with van der Waals surface area (Å²) in [7, 11) is 0. The molecule has 0 aliphatic rings. The van der Waals surface area contributed by atoms with Crippen LogP contribution in [0.1, 0.15) is 26.2 Å². The van der Waals surface area contributed by atoms with Gasteiger partial charge in [-0.1, -0.05) is 45.2 Å². The zero-order valence-electron chi connectivity index (χ0n) is 5.73. The van der Waals surface area contributed by atoms with Gasteiger partial charge in [-0.2, -0.15) is 0 Å². The first kappa shape index (κ1) is 10.4. The van der Waals surface area contributed by atoms with Gasteiger partial charge in [0.2, 0.25) is 0 Å². The first-order chi connectivity index (χ1) is 4.48. The molecule has 1 N–H and O–H groups in total. The van der Waals surface area contributed by atoms with E-state index in [-0.39, 0.29) is 6.42 Å². The van der Waals surface area contributed by atoms with Gasteiger partial charge < -0.3 is 5.11 Å². The van der Waals surface area contributed by atoms with Crippen LogP contribution in [0.4, 0.5) is 0 Å². The number of carboxylic acid groups (broad SMARTS) is 1. The van der Waals surface area contributed by atoms with Gasteiger partial charge in [-0.25, -0.2) is 0 Å². The maximum Gasteiger partial charge on any atom is 0.305 e. The van der Waals surface area contributed by atoms with E-state index in [0.717, 1.165) is 12.8 Å². The van der Waals surface area contributed by atoms with Gasteiger partial charge in [0.15, 0.2) is 0 Å². The number of carboxylic acids is 1. The molecule has 0 aromatic carbocycles. The van der Waals surface area contributed by atoms with Gasteiger partial charge in [0, 0.05) is 0 Å². The van der Waals surface area contributed by atoms with Crippen LogP contribution in [0.25, 0.3) is 0 Å². The van der Waals surface area contributed by atoms with E-state index in [9.17, 15) is 4.79 Å². The van der Waals surface area contributed by atoms with E-state index in [1.807, 2.05) is 6.92 Å². The summed E-state index contributed by atoms with van der Waals surface area (Å²) in [6.45, 7) is 2.01. The van der Waals surface area contributed by atoms with Crippen molar-refractivity contribution in [2.24, 2.45) is 0 Å². The summed E-state index contributed by atoms with van der Waals surface area (Å²) < 4.78 is -0.402. The Hall–Kier alpha value is 0.430. The summed E-state index contributed by atoms with van der Waals surface area (Å²) in [6, 6.07) is 0. The Kier molecular flexibility index (Phi) is 4.52. The molecule has 0 fully saturated rings. The highest BCUT2D eigenvalue weighted by Gasteiger charge is 2.24. The second-order valence-corrected chi connectivity index (χ2v) is 6.28. The van der Waals surface area contributed by atoms with Gasteiger partial charge in [0.05, 0.1) is 9.65 Å². The summed E-state index contributed by atoms with van der Waals surface area (Å²) >= 11 is 6.56. The third-order valence-electron chi connectivity index (χ3n) is 1.03. The van der Waals surface area contributed by atoms with Gasteiger partial charge >= 0.3 is 5.97 Å². The second-order valence-electron chi connectivity index (χ2n) is 2.18. The Balaban J connectivity index is 3.74. The SMILES string of the molecule is CCCC(Br)(Br)CC(=O)O. The molecule has 0 spiro atoms. The van der Waals surface area contributed by atoms with Crippen LogP contribution in [-0.4, -0.2) is 14.3 Å². The summed E-state index contributed by atoms with van der Waals surface area (Å²) in [6.07, 6.45) is 1.89. The summed E-state index contributed by atoms with van der Waals surface area (Å²) in [5.41, 5.74) is 0. The number of rotatable bonds is 4. The first-order valence-corrected chi connectivity index (χ1v) is 4.66. The van der Waals surface area contributed by atoms with Gasteiger partial charge in [-0.15, -0.1) is 0 Å². The lowest BCUT2D eigenvalue weighted by Crippen LogP contribution is -2.16. The molecule has 0 atom stereocenters. The highest BCUT2D eigenvalue weighted by Crippen LogP contribution is 2.34. The van der Waals surface area contributed by atoms with Crippen molar-refractivity contribution in [3.63, 3.8) is 0 Å². The average molecular weight is 274 g/mol. The lowest BCUT2D eigenvalue weighted by atomic mass is 10.2. The van der Waals surface area contributed by atoms with E-state index < -0.39 is 9.20 Å². The molecule has 60 valence electrons. The number of alkyl halides is 2. The molecule has 4 heteroatoms. The fourth-order valence-corrected chi connectivity index (χ4v) is 1.95. The van der Waals surface area contributed by atoms with Crippen LogP contribution in [0.15, 0.2) is 0 Å². The molecule has 10 heavy (non-hydrogen) atoms. The van der Waals surface area contributed by atoms with Gasteiger partial charge in [0.1, 0.15) is 0 Å². The van der Waals surface area contributed by atoms with E-state index >= 15 is 0 Å². The molecule has 0 rings (SSSR count). The molecule has 0 saturated carbocycles. The highest BCUT2D eigenvalue weighted by atomic mass is 79.9. The van der Waals surface area contributed by atoms with Gasteiger partial charge in [-0.3, -0.25) is 4.79 Å². The van der Waals surface area contributed by atoms with Crippen molar-refractivity contribution in [1.29, 1.82) is 0 Å². The molecular formula is C6H10Br2O2. The summed E-state index contributed by atoms with van der Waals surface area (Å²) in [5, 5.41) is 8.42. The van der Waals surface area contributed by atoms with Crippen molar-refractivity contribution in [3.8, 4) is 0 Å². The number of hydrogen-bond donors (Lipinski definition) is 1. The topological polar surface area (TPSA) is 37.3 Å². The van der Waals surface area contributed by atoms with E-state index in [0.29, 0.717) is 0 Å². The minimum absolute atomic E-state index is 0.112. The van der Waals surface area contributed by atoms with Crippen molar-refractivity contribution in [2.75, 3.05) is 0 Å². The predicted molar refractivity (Wildman–Crippen MR) is 47.7 cm³/mol. The van der Waals surface area contributed by atoms with Crippen LogP contribution < -0.4 is 0 Å². The summed E-state index contributed by atoms with van der Waals surface area (Å²) in [4.78, 5) is 10.2. The Labute approximate surface area is 77.3 Å². The Bertz CT molecular complexity index is 123. The fourth-order valence-electron chi connectivity index (χ4n) is 0.675. The van der Waals surface area contributed by atoms with Crippen molar-refractivity contribution in [3.05, 3.63) is 0 Å². The number of aliphatic carboxylic acids is 1. The third kappa shape index (κ3) is 5.23. The predicted octanol–water partition coefficient (Wildman–Crippen LogP) is 2.75. The maximum absolute atomic E-state index is 10.2. The quantitative estimate of drug-likeness (QED) is 0.800. The van der Waals surface area contributed by atoms with Crippen LogP contribution in [0.2, 0.25) is 0 Å². The highest BCUT2D eigenvalue weighted by molar-refractivity contribution is 9.25. The van der Waals surface area contributed by atoms with E-state index in [4.69, 9.17) is 5.11 Å². The van der Waals surface area contributed by atoms with E-state index in [2.05, 4.69) is 31.9 Å². The standard InChI is InChI=1S/C6H10Br2O2/c1-2-3-6(7,8)4-5(9)10/h2-4H2,1H3,(H,9,10). The minimum Gasteiger partial charge on any atom is -0.481 e. The average Bonchev–Trinajstić information content (AvgIpc) is 1.59. The van der Waals surface area contributed by atoms with Crippen LogP contribution >= 0.6 is 31.9 Å². The molecule has 0 aromatic rings. The molecule has 0 saturated heterocycles. The van der Waals surface area contributed by atoms with Crippen molar-refractivity contribution < 1.29 is 9.90 Å². The number of hydrogen-bond acceptors (Lipinski definition) is 1. The second kappa shape index (κ2) is 4.34. The Morgan fingerprint density at radius 3 is 2.40 bits per heavy atom. The Morgan fingerprint density at radius 2 is 2.10 bits per heavy atom. The molecule has 0 unspecified atom stereocenters. The first-order valence-electron chi connectivity index (χ1n) is 3.07. The van der Waals surface area contributed by atoms with Crippen molar-refractivity contribution in [2.45, 2.75) is 29.4 Å². The van der Waals surface area contributed by atoms with Crippen molar-refractivity contribution in [1.82, 2.24) is 0 Å². The molecule has 0 bridgehead atoms. The van der Waals surface area contributed by atoms with Crippen LogP contribution in [0.5, 0.6) is 0 Å². The largest absolute Gasteiger partial charge is 0.481 e. The van der Waals surface area contributed by atoms with Crippen molar-refractivity contribution >= 4 is 37.8 Å². The van der Waals surface area contributed by atoms with Gasteiger partial charge in [0.25, 0.3) is 0 Å². The van der Waals surface area contributed by atoms with Crippen LogP contribution in [-0.2, 0) is 4.79 Å². The molecule has 0 heterocycles. The molecule has 0 radical (unpaired) electrons. The Morgan fingerprint density at radius 1 is 1.60 bits per heavy atom. The van der Waals surface area contributed by atoms with Crippen LogP contribution in [0, 0.1) is 0 Å². The minimum atomic E-state index is -0.790. The number of carbonyl (C=O) groups is 1. The normalized spacial score (nSPS) is 11.5. The lowest BCUT2D eigenvalue weighted by molar-refractivity contribution is -0.137. The fraction of sp³-hybridized carbons (Fsp3) is 0.833. The monoisotopic (exact) mass is 272 g/mol.